The number of halogens is 1. The van der Waals surface area contributed by atoms with Gasteiger partial charge in [0.15, 0.2) is 0 Å². The quantitative estimate of drug-likeness (QED) is 0.497. The molecule has 0 radical (unpaired) electrons. The molecular weight excluding hydrogens is 346 g/mol. The van der Waals surface area contributed by atoms with Crippen LogP contribution in [0.15, 0.2) is 28.7 Å². The topological polar surface area (TPSA) is 89.4 Å². The molecule has 1 aliphatic heterocycles. The molecule has 2 aromatic carbocycles. The number of hydrogen-bond donors (Lipinski definition) is 2. The summed E-state index contributed by atoms with van der Waals surface area (Å²) in [4.78, 5) is 26.6. The van der Waals surface area contributed by atoms with Crippen LogP contribution in [0.25, 0.3) is 10.8 Å². The first-order valence-electron chi connectivity index (χ1n) is 7.13. The number of rotatable bonds is 4. The molecule has 0 aliphatic carbocycles. The van der Waals surface area contributed by atoms with Crippen molar-refractivity contribution in [1.82, 2.24) is 4.90 Å². The molecule has 0 aromatic heterocycles. The Kier molecular flexibility index (Phi) is 3.88. The van der Waals surface area contributed by atoms with E-state index in [1.165, 1.54) is 4.90 Å². The molecule has 114 valence electrons. The minimum absolute atomic E-state index is 0.253. The van der Waals surface area contributed by atoms with Crippen LogP contribution < -0.4 is 11.5 Å². The molecule has 6 heteroatoms. The minimum atomic E-state index is -0.287. The predicted molar refractivity (Wildman–Crippen MR) is 89.7 cm³/mol. The van der Waals surface area contributed by atoms with Crippen LogP contribution in [-0.4, -0.2) is 29.8 Å². The summed E-state index contributed by atoms with van der Waals surface area (Å²) in [5.41, 5.74) is 13.0. The van der Waals surface area contributed by atoms with E-state index in [1.54, 1.807) is 18.2 Å². The largest absolute Gasteiger partial charge is 0.398 e. The summed E-state index contributed by atoms with van der Waals surface area (Å²) < 4.78 is 0.713. The highest BCUT2D eigenvalue weighted by atomic mass is 79.9. The predicted octanol–water partition coefficient (Wildman–Crippen LogP) is 2.52. The van der Waals surface area contributed by atoms with Crippen LogP contribution in [0.2, 0.25) is 0 Å². The monoisotopic (exact) mass is 361 g/mol. The molecule has 0 bridgehead atoms. The van der Waals surface area contributed by atoms with Crippen LogP contribution in [-0.2, 0) is 0 Å². The van der Waals surface area contributed by atoms with E-state index in [0.717, 1.165) is 11.8 Å². The van der Waals surface area contributed by atoms with Crippen LogP contribution in [0.1, 0.15) is 33.6 Å². The second-order valence-corrected chi connectivity index (χ2v) is 6.11. The molecule has 5 nitrogen and oxygen atoms in total. The Labute approximate surface area is 136 Å². The number of hydrogen-bond acceptors (Lipinski definition) is 4. The van der Waals surface area contributed by atoms with E-state index in [9.17, 15) is 9.59 Å². The Morgan fingerprint density at radius 2 is 1.82 bits per heavy atom. The van der Waals surface area contributed by atoms with Gasteiger partial charge in [-0.25, -0.2) is 0 Å². The smallest absolute Gasteiger partial charge is 0.261 e. The average molecular weight is 362 g/mol. The van der Waals surface area contributed by atoms with Gasteiger partial charge in [-0.05, 0) is 52.8 Å². The number of carbonyl (C=O) groups is 2. The Morgan fingerprint density at radius 1 is 1.09 bits per heavy atom. The van der Waals surface area contributed by atoms with Crippen molar-refractivity contribution in [2.24, 2.45) is 5.73 Å². The summed E-state index contributed by atoms with van der Waals surface area (Å²) in [6.07, 6.45) is 1.47. The van der Waals surface area contributed by atoms with E-state index < -0.39 is 0 Å². The molecule has 3 rings (SSSR count). The summed E-state index contributed by atoms with van der Waals surface area (Å²) in [5.74, 6) is -0.540. The van der Waals surface area contributed by atoms with Gasteiger partial charge in [-0.15, -0.1) is 0 Å². The van der Waals surface area contributed by atoms with E-state index in [1.807, 2.05) is 6.07 Å². The van der Waals surface area contributed by atoms with Gasteiger partial charge in [0.05, 0.1) is 5.56 Å². The average Bonchev–Trinajstić information content (AvgIpc) is 2.52. The van der Waals surface area contributed by atoms with Gasteiger partial charge in [0.2, 0.25) is 0 Å². The Bertz CT molecular complexity index is 789. The van der Waals surface area contributed by atoms with Gasteiger partial charge in [0.1, 0.15) is 0 Å². The second kappa shape index (κ2) is 5.70. The van der Waals surface area contributed by atoms with Crippen LogP contribution in [0.5, 0.6) is 0 Å². The molecule has 0 spiro atoms. The number of unbranched alkanes of at least 4 members (excludes halogenated alkanes) is 1. The second-order valence-electron chi connectivity index (χ2n) is 5.31. The van der Waals surface area contributed by atoms with E-state index >= 15 is 0 Å². The Balaban J connectivity index is 2.16. The number of nitrogen functional groups attached to an aromatic ring is 1. The standard InChI is InChI=1S/C16H16BrN3O2/c17-14-9-4-3-5-10-13(9)11(8-12(14)19)16(22)20(15(10)21)7-2-1-6-18/h3-5,8H,1-2,6-7,18-19H2. The van der Waals surface area contributed by atoms with Crippen molar-refractivity contribution in [1.29, 1.82) is 0 Å². The van der Waals surface area contributed by atoms with Gasteiger partial charge in [-0.1, -0.05) is 12.1 Å². The van der Waals surface area contributed by atoms with Crippen LogP contribution >= 0.6 is 15.9 Å². The molecule has 0 atom stereocenters. The van der Waals surface area contributed by atoms with E-state index in [2.05, 4.69) is 15.9 Å². The maximum atomic E-state index is 12.7. The SMILES string of the molecule is NCCCCN1C(=O)c2cccc3c(Br)c(N)cc(c23)C1=O. The summed E-state index contributed by atoms with van der Waals surface area (Å²) in [7, 11) is 0. The lowest BCUT2D eigenvalue weighted by atomic mass is 9.93. The molecule has 0 saturated heterocycles. The van der Waals surface area contributed by atoms with Gasteiger partial charge < -0.3 is 11.5 Å². The number of amides is 2. The third kappa shape index (κ3) is 2.19. The normalized spacial score (nSPS) is 14.0. The van der Waals surface area contributed by atoms with Crippen molar-refractivity contribution in [3.63, 3.8) is 0 Å². The fraction of sp³-hybridized carbons (Fsp3) is 0.250. The highest BCUT2D eigenvalue weighted by molar-refractivity contribution is 9.10. The summed E-state index contributed by atoms with van der Waals surface area (Å²) in [5, 5.41) is 1.46. The van der Waals surface area contributed by atoms with Crippen molar-refractivity contribution < 1.29 is 9.59 Å². The zero-order chi connectivity index (χ0) is 15.9. The fourth-order valence-corrected chi connectivity index (χ4v) is 3.26. The number of carbonyl (C=O) groups excluding carboxylic acids is 2. The lowest BCUT2D eigenvalue weighted by Gasteiger charge is -2.27. The molecule has 1 heterocycles. The molecule has 0 saturated carbocycles. The van der Waals surface area contributed by atoms with E-state index in [4.69, 9.17) is 11.5 Å². The van der Waals surface area contributed by atoms with Crippen LogP contribution in [0, 0.1) is 0 Å². The molecule has 22 heavy (non-hydrogen) atoms. The van der Waals surface area contributed by atoms with E-state index in [0.29, 0.717) is 46.2 Å². The van der Waals surface area contributed by atoms with Crippen molar-refractivity contribution in [2.75, 3.05) is 18.8 Å². The maximum Gasteiger partial charge on any atom is 0.261 e. The Hall–Kier alpha value is -1.92. The molecule has 1 aliphatic rings. The summed E-state index contributed by atoms with van der Waals surface area (Å²) in [6.45, 7) is 0.920. The first kappa shape index (κ1) is 15.0. The van der Waals surface area contributed by atoms with Gasteiger partial charge in [-0.3, -0.25) is 14.5 Å². The first-order valence-corrected chi connectivity index (χ1v) is 7.92. The summed E-state index contributed by atoms with van der Waals surface area (Å²) >= 11 is 3.43. The molecular formula is C16H16BrN3O2. The van der Waals surface area contributed by atoms with E-state index in [-0.39, 0.29) is 11.8 Å². The van der Waals surface area contributed by atoms with Crippen molar-refractivity contribution in [3.05, 3.63) is 39.9 Å². The Morgan fingerprint density at radius 3 is 2.55 bits per heavy atom. The zero-order valence-electron chi connectivity index (χ0n) is 11.9. The molecule has 0 unspecified atom stereocenters. The number of nitrogens with zero attached hydrogens (tertiary/aromatic N) is 1. The molecule has 0 fully saturated rings. The number of benzene rings is 2. The van der Waals surface area contributed by atoms with Gasteiger partial charge in [-0.2, -0.15) is 0 Å². The lowest BCUT2D eigenvalue weighted by molar-refractivity contribution is 0.0608. The van der Waals surface area contributed by atoms with Gasteiger partial charge in [0, 0.05) is 27.7 Å². The molecule has 2 amide bonds. The zero-order valence-corrected chi connectivity index (χ0v) is 13.5. The third-order valence-corrected chi connectivity index (χ3v) is 4.80. The molecule has 2 aromatic rings. The van der Waals surface area contributed by atoms with Crippen LogP contribution in [0.4, 0.5) is 5.69 Å². The number of imide groups is 1. The van der Waals surface area contributed by atoms with Crippen molar-refractivity contribution >= 4 is 44.2 Å². The van der Waals surface area contributed by atoms with Gasteiger partial charge in [0.25, 0.3) is 11.8 Å². The highest BCUT2D eigenvalue weighted by Crippen LogP contribution is 2.37. The number of anilines is 1. The molecule has 4 N–H and O–H groups in total. The highest BCUT2D eigenvalue weighted by Gasteiger charge is 2.33. The lowest BCUT2D eigenvalue weighted by Crippen LogP contribution is -2.41. The fourth-order valence-electron chi connectivity index (χ4n) is 2.82. The van der Waals surface area contributed by atoms with Gasteiger partial charge >= 0.3 is 0 Å². The number of nitrogens with two attached hydrogens (primary N) is 2. The summed E-state index contributed by atoms with van der Waals surface area (Å²) in [6, 6.07) is 7.05. The minimum Gasteiger partial charge on any atom is -0.398 e. The first-order chi connectivity index (χ1) is 10.6. The van der Waals surface area contributed by atoms with Crippen molar-refractivity contribution in [3.8, 4) is 0 Å². The van der Waals surface area contributed by atoms with Crippen LogP contribution in [0.3, 0.4) is 0 Å². The maximum absolute atomic E-state index is 12.7. The van der Waals surface area contributed by atoms with Crippen molar-refractivity contribution in [2.45, 2.75) is 12.8 Å². The third-order valence-electron chi connectivity index (χ3n) is 3.91.